The number of ketones is 1. The molecule has 1 atom stereocenters. The van der Waals surface area contributed by atoms with Crippen molar-refractivity contribution in [1.82, 2.24) is 10.2 Å². The first-order chi connectivity index (χ1) is 11.5. The smallest absolute Gasteiger partial charge is 0.277 e. The van der Waals surface area contributed by atoms with Crippen LogP contribution in [0.4, 0.5) is 4.39 Å². The molecule has 0 unspecified atom stereocenters. The molecule has 0 amide bonds. The molecule has 3 rings (SSSR count). The van der Waals surface area contributed by atoms with Crippen molar-refractivity contribution in [1.29, 1.82) is 0 Å². The van der Waals surface area contributed by atoms with Crippen LogP contribution in [0.15, 0.2) is 58.2 Å². The second-order valence-corrected chi connectivity index (χ2v) is 6.64. The van der Waals surface area contributed by atoms with Crippen molar-refractivity contribution >= 4 is 17.5 Å². The molecule has 6 heteroatoms. The van der Waals surface area contributed by atoms with Gasteiger partial charge in [-0.2, -0.15) is 0 Å². The van der Waals surface area contributed by atoms with Gasteiger partial charge in [0.05, 0.1) is 10.8 Å². The van der Waals surface area contributed by atoms with Crippen LogP contribution in [0.1, 0.15) is 22.8 Å². The monoisotopic (exact) mass is 342 g/mol. The van der Waals surface area contributed by atoms with Gasteiger partial charge in [0, 0.05) is 5.56 Å². The van der Waals surface area contributed by atoms with Gasteiger partial charge >= 0.3 is 0 Å². The minimum atomic E-state index is -0.429. The summed E-state index contributed by atoms with van der Waals surface area (Å²) in [5.74, 6) is -0.349. The van der Waals surface area contributed by atoms with Crippen molar-refractivity contribution in [3.05, 3.63) is 65.5 Å². The average Bonchev–Trinajstić information content (AvgIpc) is 3.03. The molecule has 1 aromatic heterocycles. The van der Waals surface area contributed by atoms with Crippen LogP contribution in [0.5, 0.6) is 0 Å². The second kappa shape index (κ2) is 6.97. The van der Waals surface area contributed by atoms with Crippen LogP contribution in [0, 0.1) is 12.7 Å². The van der Waals surface area contributed by atoms with Crippen LogP contribution in [0.2, 0.25) is 0 Å². The molecule has 3 aromatic rings. The fourth-order valence-electron chi connectivity index (χ4n) is 2.16. The third-order valence-electron chi connectivity index (χ3n) is 3.49. The van der Waals surface area contributed by atoms with Gasteiger partial charge in [-0.15, -0.1) is 10.2 Å². The maximum atomic E-state index is 13.7. The lowest BCUT2D eigenvalue weighted by molar-refractivity contribution is 0.0993. The molecule has 0 aliphatic carbocycles. The van der Waals surface area contributed by atoms with Crippen molar-refractivity contribution in [3.8, 4) is 11.5 Å². The Morgan fingerprint density at radius 1 is 1.12 bits per heavy atom. The van der Waals surface area contributed by atoms with E-state index >= 15 is 0 Å². The first kappa shape index (κ1) is 16.4. The lowest BCUT2D eigenvalue weighted by Gasteiger charge is -2.07. The molecule has 0 aliphatic heterocycles. The molecule has 0 N–H and O–H groups in total. The summed E-state index contributed by atoms with van der Waals surface area (Å²) in [4.78, 5) is 12.4. The number of rotatable bonds is 5. The van der Waals surface area contributed by atoms with Crippen molar-refractivity contribution in [2.45, 2.75) is 24.3 Å². The van der Waals surface area contributed by atoms with Crippen LogP contribution < -0.4 is 0 Å². The highest BCUT2D eigenvalue weighted by Crippen LogP contribution is 2.28. The van der Waals surface area contributed by atoms with Crippen LogP contribution in [0.25, 0.3) is 11.5 Å². The number of Topliss-reactive ketones (excluding diaryl/α,β-unsaturated/α-hetero) is 1. The molecule has 4 nitrogen and oxygen atoms in total. The Bertz CT molecular complexity index is 861. The number of thioether (sulfide) groups is 1. The molecular formula is C18H15FN2O2S. The average molecular weight is 342 g/mol. The minimum Gasteiger partial charge on any atom is -0.411 e. The van der Waals surface area contributed by atoms with Crippen LogP contribution in [-0.2, 0) is 0 Å². The van der Waals surface area contributed by atoms with E-state index in [9.17, 15) is 9.18 Å². The van der Waals surface area contributed by atoms with Crippen molar-refractivity contribution < 1.29 is 13.6 Å². The Morgan fingerprint density at radius 2 is 1.83 bits per heavy atom. The lowest BCUT2D eigenvalue weighted by Crippen LogP contribution is -2.13. The molecular weight excluding hydrogens is 327 g/mol. The largest absolute Gasteiger partial charge is 0.411 e. The van der Waals surface area contributed by atoms with Gasteiger partial charge in [-0.3, -0.25) is 4.79 Å². The van der Waals surface area contributed by atoms with Gasteiger partial charge in [-0.25, -0.2) is 4.39 Å². The molecule has 1 heterocycles. The molecule has 122 valence electrons. The van der Waals surface area contributed by atoms with Gasteiger partial charge in [-0.05, 0) is 26.0 Å². The number of benzene rings is 2. The van der Waals surface area contributed by atoms with Gasteiger partial charge in [0.2, 0.25) is 0 Å². The predicted molar refractivity (Wildman–Crippen MR) is 90.5 cm³/mol. The van der Waals surface area contributed by atoms with Crippen molar-refractivity contribution in [2.75, 3.05) is 0 Å². The summed E-state index contributed by atoms with van der Waals surface area (Å²) in [6.07, 6.45) is 0. The molecule has 2 aromatic carbocycles. The van der Waals surface area contributed by atoms with Crippen molar-refractivity contribution in [2.24, 2.45) is 0 Å². The number of hydrogen-bond acceptors (Lipinski definition) is 5. The van der Waals surface area contributed by atoms with Gasteiger partial charge in [-0.1, -0.05) is 53.7 Å². The van der Waals surface area contributed by atoms with E-state index in [2.05, 4.69) is 10.2 Å². The fourth-order valence-corrected chi connectivity index (χ4v) is 2.92. The third kappa shape index (κ3) is 3.54. The van der Waals surface area contributed by atoms with Gasteiger partial charge in [0.15, 0.2) is 5.78 Å². The third-order valence-corrected chi connectivity index (χ3v) is 4.43. The van der Waals surface area contributed by atoms with Crippen LogP contribution in [0.3, 0.4) is 0 Å². The highest BCUT2D eigenvalue weighted by atomic mass is 32.2. The summed E-state index contributed by atoms with van der Waals surface area (Å²) in [7, 11) is 0. The number of aromatic nitrogens is 2. The second-order valence-electron chi connectivity index (χ2n) is 5.34. The van der Waals surface area contributed by atoms with E-state index in [1.807, 2.05) is 19.1 Å². The molecule has 0 fully saturated rings. The van der Waals surface area contributed by atoms with E-state index in [-0.39, 0.29) is 27.7 Å². The quantitative estimate of drug-likeness (QED) is 0.503. The summed E-state index contributed by atoms with van der Waals surface area (Å²) in [5, 5.41) is 7.60. The Morgan fingerprint density at radius 3 is 2.54 bits per heavy atom. The maximum absolute atomic E-state index is 13.7. The van der Waals surface area contributed by atoms with E-state index in [1.54, 1.807) is 37.3 Å². The van der Waals surface area contributed by atoms with E-state index in [4.69, 9.17) is 4.42 Å². The van der Waals surface area contributed by atoms with Crippen LogP contribution in [-0.4, -0.2) is 21.2 Å². The minimum absolute atomic E-state index is 0.0226. The first-order valence-electron chi connectivity index (χ1n) is 7.40. The zero-order valence-corrected chi connectivity index (χ0v) is 14.0. The Hall–Kier alpha value is -2.47. The molecule has 0 aliphatic rings. The number of nitrogens with zero attached hydrogens (tertiary/aromatic N) is 2. The number of carbonyl (C=O) groups excluding carboxylic acids is 1. The number of halogens is 1. The Labute approximate surface area is 143 Å². The van der Waals surface area contributed by atoms with Gasteiger partial charge < -0.3 is 4.42 Å². The van der Waals surface area contributed by atoms with E-state index < -0.39 is 5.82 Å². The molecule has 0 spiro atoms. The standard InChI is InChI=1S/C18H15FN2O2S/c1-11-7-9-13(10-8-11)16(22)12(2)24-18-21-20-17(23-18)14-5-3-4-6-15(14)19/h3-10,12H,1-2H3/t12-/m0/s1. The molecule has 24 heavy (non-hydrogen) atoms. The summed E-state index contributed by atoms with van der Waals surface area (Å²) >= 11 is 1.16. The number of hydrogen-bond donors (Lipinski definition) is 0. The van der Waals surface area contributed by atoms with Gasteiger partial charge in [0.1, 0.15) is 5.82 Å². The normalized spacial score (nSPS) is 12.1. The zero-order valence-electron chi connectivity index (χ0n) is 13.2. The fraction of sp³-hybridized carbons (Fsp3) is 0.167. The lowest BCUT2D eigenvalue weighted by atomic mass is 10.1. The predicted octanol–water partition coefficient (Wildman–Crippen LogP) is 4.55. The first-order valence-corrected chi connectivity index (χ1v) is 8.28. The summed E-state index contributed by atoms with van der Waals surface area (Å²) in [6.45, 7) is 3.74. The summed E-state index contributed by atoms with van der Waals surface area (Å²) in [6, 6.07) is 13.6. The Kier molecular flexibility index (Phi) is 4.76. The van der Waals surface area contributed by atoms with Crippen LogP contribution >= 0.6 is 11.8 Å². The highest BCUT2D eigenvalue weighted by Gasteiger charge is 2.20. The zero-order chi connectivity index (χ0) is 17.1. The maximum Gasteiger partial charge on any atom is 0.277 e. The number of aryl methyl sites for hydroxylation is 1. The molecule has 0 radical (unpaired) electrons. The summed E-state index contributed by atoms with van der Waals surface area (Å²) in [5.41, 5.74) is 1.97. The van der Waals surface area contributed by atoms with Gasteiger partial charge in [0.25, 0.3) is 11.1 Å². The molecule has 0 saturated heterocycles. The van der Waals surface area contributed by atoms with E-state index in [0.29, 0.717) is 5.56 Å². The highest BCUT2D eigenvalue weighted by molar-refractivity contribution is 8.00. The topological polar surface area (TPSA) is 56.0 Å². The molecule has 0 bridgehead atoms. The van der Waals surface area contributed by atoms with Crippen molar-refractivity contribution in [3.63, 3.8) is 0 Å². The van der Waals surface area contributed by atoms with E-state index in [0.717, 1.165) is 17.3 Å². The summed E-state index contributed by atoms with van der Waals surface area (Å²) < 4.78 is 19.2. The molecule has 0 saturated carbocycles. The Balaban J connectivity index is 1.73. The number of carbonyl (C=O) groups is 1. The van der Waals surface area contributed by atoms with E-state index in [1.165, 1.54) is 6.07 Å². The SMILES string of the molecule is Cc1ccc(C(=O)[C@H](C)Sc2nnc(-c3ccccc3F)o2)cc1.